The van der Waals surface area contributed by atoms with Gasteiger partial charge in [-0.15, -0.1) is 0 Å². The van der Waals surface area contributed by atoms with Gasteiger partial charge in [0.1, 0.15) is 5.82 Å². The third-order valence-corrected chi connectivity index (χ3v) is 3.19. The summed E-state index contributed by atoms with van der Waals surface area (Å²) in [5.74, 6) is 1.63. The van der Waals surface area contributed by atoms with Crippen LogP contribution in [0.1, 0.15) is 44.8 Å². The molecule has 0 bridgehead atoms. The molecule has 0 saturated heterocycles. The van der Waals surface area contributed by atoms with Gasteiger partial charge in [0.25, 0.3) is 0 Å². The maximum atomic E-state index is 4.76. The second kappa shape index (κ2) is 5.80. The van der Waals surface area contributed by atoms with Crippen molar-refractivity contribution in [1.29, 1.82) is 0 Å². The van der Waals surface area contributed by atoms with Gasteiger partial charge in [-0.3, -0.25) is 4.98 Å². The Morgan fingerprint density at radius 1 is 0.952 bits per heavy atom. The minimum atomic E-state index is -0.0149. The lowest BCUT2D eigenvalue weighted by atomic mass is 9.91. The summed E-state index contributed by atoms with van der Waals surface area (Å²) < 4.78 is 0. The second-order valence-corrected chi connectivity index (χ2v) is 6.38. The lowest BCUT2D eigenvalue weighted by Crippen LogP contribution is -2.16. The zero-order chi connectivity index (χ0) is 15.6. The Kier molecular flexibility index (Phi) is 4.26. The molecule has 2 aromatic heterocycles. The van der Waals surface area contributed by atoms with E-state index < -0.39 is 0 Å². The summed E-state index contributed by atoms with van der Waals surface area (Å²) >= 11 is 0. The molecule has 0 saturated carbocycles. The van der Waals surface area contributed by atoms with Crippen LogP contribution in [0.2, 0.25) is 0 Å². The van der Waals surface area contributed by atoms with Gasteiger partial charge < -0.3 is 5.32 Å². The van der Waals surface area contributed by atoms with E-state index in [1.807, 2.05) is 32.0 Å². The topological polar surface area (TPSA) is 50.7 Å². The van der Waals surface area contributed by atoms with Crippen LogP contribution in [0.25, 0.3) is 11.4 Å². The van der Waals surface area contributed by atoms with Gasteiger partial charge in [0.15, 0.2) is 5.82 Å². The van der Waals surface area contributed by atoms with Crippen LogP contribution in [0.3, 0.4) is 0 Å². The SMILES string of the molecule is CCNc1cc(C(C)(C)C)nc(-c2cc(C)nc(C)c2)n1. The normalized spacial score (nSPS) is 11.5. The van der Waals surface area contributed by atoms with Crippen molar-refractivity contribution >= 4 is 5.82 Å². The van der Waals surface area contributed by atoms with Crippen LogP contribution in [-0.2, 0) is 5.41 Å². The van der Waals surface area contributed by atoms with E-state index in [1.165, 1.54) is 0 Å². The summed E-state index contributed by atoms with van der Waals surface area (Å²) in [6.07, 6.45) is 0. The molecule has 2 aromatic rings. The van der Waals surface area contributed by atoms with Crippen LogP contribution in [-0.4, -0.2) is 21.5 Å². The average Bonchev–Trinajstić information content (AvgIpc) is 2.36. The summed E-state index contributed by atoms with van der Waals surface area (Å²) in [4.78, 5) is 13.8. The van der Waals surface area contributed by atoms with Crippen LogP contribution in [0.4, 0.5) is 5.82 Å². The first-order valence-corrected chi connectivity index (χ1v) is 7.38. The Morgan fingerprint density at radius 3 is 2.10 bits per heavy atom. The van der Waals surface area contributed by atoms with Gasteiger partial charge in [-0.1, -0.05) is 20.8 Å². The number of aryl methyl sites for hydroxylation is 2. The molecule has 2 rings (SSSR count). The van der Waals surface area contributed by atoms with Gasteiger partial charge in [0.2, 0.25) is 0 Å². The number of anilines is 1. The van der Waals surface area contributed by atoms with Crippen LogP contribution >= 0.6 is 0 Å². The quantitative estimate of drug-likeness (QED) is 0.929. The van der Waals surface area contributed by atoms with Crippen molar-refractivity contribution in [3.05, 3.63) is 35.3 Å². The molecule has 0 aliphatic rings. The van der Waals surface area contributed by atoms with Gasteiger partial charge in [0.05, 0.1) is 5.69 Å². The first-order valence-electron chi connectivity index (χ1n) is 7.38. The standard InChI is InChI=1S/C17H24N4/c1-7-18-15-10-14(17(4,5)6)20-16(21-15)13-8-11(2)19-12(3)9-13/h8-10H,7H2,1-6H3,(H,18,20,21). The van der Waals surface area contributed by atoms with Crippen molar-refractivity contribution < 1.29 is 0 Å². The van der Waals surface area contributed by atoms with E-state index in [4.69, 9.17) is 4.98 Å². The van der Waals surface area contributed by atoms with Crippen LogP contribution in [0.5, 0.6) is 0 Å². The highest BCUT2D eigenvalue weighted by atomic mass is 15.0. The molecule has 4 nitrogen and oxygen atoms in total. The van der Waals surface area contributed by atoms with Crippen molar-refractivity contribution in [2.24, 2.45) is 0 Å². The first kappa shape index (κ1) is 15.4. The molecule has 0 unspecified atom stereocenters. The fraction of sp³-hybridized carbons (Fsp3) is 0.471. The number of nitrogens with one attached hydrogen (secondary N) is 1. The first-order chi connectivity index (χ1) is 9.79. The van der Waals surface area contributed by atoms with Crippen molar-refractivity contribution in [2.45, 2.75) is 47.0 Å². The molecule has 2 heterocycles. The van der Waals surface area contributed by atoms with Gasteiger partial charge >= 0.3 is 0 Å². The van der Waals surface area contributed by atoms with E-state index in [0.29, 0.717) is 0 Å². The monoisotopic (exact) mass is 284 g/mol. The maximum absolute atomic E-state index is 4.76. The smallest absolute Gasteiger partial charge is 0.161 e. The van der Waals surface area contributed by atoms with Crippen molar-refractivity contribution in [3.8, 4) is 11.4 Å². The van der Waals surface area contributed by atoms with Gasteiger partial charge in [-0.05, 0) is 32.9 Å². The molecular formula is C17H24N4. The average molecular weight is 284 g/mol. The molecule has 0 spiro atoms. The van der Waals surface area contributed by atoms with Crippen molar-refractivity contribution in [3.63, 3.8) is 0 Å². The van der Waals surface area contributed by atoms with E-state index >= 15 is 0 Å². The highest BCUT2D eigenvalue weighted by Crippen LogP contribution is 2.26. The largest absolute Gasteiger partial charge is 0.370 e. The molecule has 4 heteroatoms. The Labute approximate surface area is 127 Å². The van der Waals surface area contributed by atoms with Gasteiger partial charge in [0, 0.05) is 35.0 Å². The summed E-state index contributed by atoms with van der Waals surface area (Å²) in [6, 6.07) is 6.10. The molecule has 21 heavy (non-hydrogen) atoms. The molecule has 112 valence electrons. The molecule has 0 fully saturated rings. The zero-order valence-electron chi connectivity index (χ0n) is 13.8. The van der Waals surface area contributed by atoms with Crippen molar-refractivity contribution in [1.82, 2.24) is 15.0 Å². The number of nitrogens with zero attached hydrogens (tertiary/aromatic N) is 3. The zero-order valence-corrected chi connectivity index (χ0v) is 13.8. The third kappa shape index (κ3) is 3.78. The minimum Gasteiger partial charge on any atom is -0.370 e. The minimum absolute atomic E-state index is 0.0149. The van der Waals surface area contributed by atoms with E-state index in [-0.39, 0.29) is 5.41 Å². The van der Waals surface area contributed by atoms with E-state index in [1.54, 1.807) is 0 Å². The summed E-state index contributed by atoms with van der Waals surface area (Å²) in [7, 11) is 0. The fourth-order valence-corrected chi connectivity index (χ4v) is 2.20. The molecular weight excluding hydrogens is 260 g/mol. The number of rotatable bonds is 3. The summed E-state index contributed by atoms with van der Waals surface area (Å²) in [6.45, 7) is 13.4. The Hall–Kier alpha value is -1.97. The highest BCUT2D eigenvalue weighted by molar-refractivity contribution is 5.59. The Balaban J connectivity index is 2.59. The fourth-order valence-electron chi connectivity index (χ4n) is 2.20. The second-order valence-electron chi connectivity index (χ2n) is 6.38. The van der Waals surface area contributed by atoms with E-state index in [9.17, 15) is 0 Å². The Bertz CT molecular complexity index is 621. The molecule has 0 aliphatic carbocycles. The predicted molar refractivity (Wildman–Crippen MR) is 87.6 cm³/mol. The molecule has 0 aliphatic heterocycles. The number of pyridine rings is 1. The lowest BCUT2D eigenvalue weighted by molar-refractivity contribution is 0.568. The lowest BCUT2D eigenvalue weighted by Gasteiger charge is -2.19. The molecule has 0 amide bonds. The maximum Gasteiger partial charge on any atom is 0.161 e. The number of hydrogen-bond donors (Lipinski definition) is 1. The van der Waals surface area contributed by atoms with Crippen LogP contribution in [0.15, 0.2) is 18.2 Å². The van der Waals surface area contributed by atoms with Gasteiger partial charge in [-0.25, -0.2) is 9.97 Å². The molecule has 0 aromatic carbocycles. The third-order valence-electron chi connectivity index (χ3n) is 3.19. The van der Waals surface area contributed by atoms with E-state index in [0.717, 1.165) is 40.8 Å². The predicted octanol–water partition coefficient (Wildman–Crippen LogP) is 3.88. The summed E-state index contributed by atoms with van der Waals surface area (Å²) in [5, 5.41) is 3.29. The Morgan fingerprint density at radius 2 is 1.57 bits per heavy atom. The summed E-state index contributed by atoms with van der Waals surface area (Å²) in [5.41, 5.74) is 4.01. The number of hydrogen-bond acceptors (Lipinski definition) is 4. The number of aromatic nitrogens is 3. The van der Waals surface area contributed by atoms with E-state index in [2.05, 4.69) is 43.0 Å². The van der Waals surface area contributed by atoms with Gasteiger partial charge in [-0.2, -0.15) is 0 Å². The highest BCUT2D eigenvalue weighted by Gasteiger charge is 2.18. The molecule has 0 radical (unpaired) electrons. The van der Waals surface area contributed by atoms with Crippen LogP contribution in [0, 0.1) is 13.8 Å². The van der Waals surface area contributed by atoms with Crippen molar-refractivity contribution in [2.75, 3.05) is 11.9 Å². The van der Waals surface area contributed by atoms with Crippen LogP contribution < -0.4 is 5.32 Å². The molecule has 1 N–H and O–H groups in total. The molecule has 0 atom stereocenters.